The highest BCUT2D eigenvalue weighted by atomic mass is 32.2. The number of methoxy groups -OCH3 is 1. The lowest BCUT2D eigenvalue weighted by Crippen LogP contribution is -2.40. The van der Waals surface area contributed by atoms with Gasteiger partial charge in [0, 0.05) is 13.1 Å². The van der Waals surface area contributed by atoms with Crippen molar-refractivity contribution in [2.24, 2.45) is 0 Å². The third kappa shape index (κ3) is 3.63. The molecule has 3 amide bonds. The Bertz CT molecular complexity index is 755. The lowest BCUT2D eigenvalue weighted by molar-refractivity contribution is -0.135. The molecule has 2 heterocycles. The van der Waals surface area contributed by atoms with Gasteiger partial charge in [-0.05, 0) is 48.4 Å². The molecule has 0 bridgehead atoms. The van der Waals surface area contributed by atoms with Gasteiger partial charge in [-0.15, -0.1) is 0 Å². The van der Waals surface area contributed by atoms with Crippen LogP contribution in [0.3, 0.4) is 0 Å². The van der Waals surface area contributed by atoms with E-state index in [1.807, 2.05) is 0 Å². The van der Waals surface area contributed by atoms with Crippen LogP contribution >= 0.6 is 11.8 Å². The first kappa shape index (κ1) is 17.3. The van der Waals surface area contributed by atoms with Gasteiger partial charge in [-0.2, -0.15) is 0 Å². The number of hydrogen-bond acceptors (Lipinski definition) is 6. The first-order chi connectivity index (χ1) is 12.0. The van der Waals surface area contributed by atoms with Crippen molar-refractivity contribution < 1.29 is 24.2 Å². The Hall–Kier alpha value is -2.48. The molecule has 2 aliphatic heterocycles. The van der Waals surface area contributed by atoms with E-state index in [2.05, 4.69) is 0 Å². The molecule has 0 aliphatic carbocycles. The summed E-state index contributed by atoms with van der Waals surface area (Å²) < 4.78 is 5.03. The number of imide groups is 1. The van der Waals surface area contributed by atoms with Gasteiger partial charge in [0.15, 0.2) is 11.5 Å². The van der Waals surface area contributed by atoms with Crippen LogP contribution in [0, 0.1) is 0 Å². The molecular formula is C17H18N2O5S. The van der Waals surface area contributed by atoms with Crippen LogP contribution in [0.2, 0.25) is 0 Å². The molecule has 2 aliphatic rings. The molecule has 132 valence electrons. The van der Waals surface area contributed by atoms with Gasteiger partial charge >= 0.3 is 0 Å². The molecule has 0 aromatic heterocycles. The third-order valence-electron chi connectivity index (χ3n) is 4.13. The summed E-state index contributed by atoms with van der Waals surface area (Å²) in [5, 5.41) is 9.16. The zero-order chi connectivity index (χ0) is 18.0. The van der Waals surface area contributed by atoms with E-state index in [0.29, 0.717) is 18.7 Å². The number of thioether (sulfide) groups is 1. The number of amides is 3. The number of nitrogens with zero attached hydrogens (tertiary/aromatic N) is 2. The molecule has 7 nitrogen and oxygen atoms in total. The summed E-state index contributed by atoms with van der Waals surface area (Å²) in [4.78, 5) is 39.6. The molecule has 0 atom stereocenters. The first-order valence-electron chi connectivity index (χ1n) is 7.90. The van der Waals surface area contributed by atoms with Crippen molar-refractivity contribution in [3.8, 4) is 11.5 Å². The summed E-state index contributed by atoms with van der Waals surface area (Å²) in [5.74, 6) is -0.414. The Morgan fingerprint density at radius 3 is 2.72 bits per heavy atom. The maximum Gasteiger partial charge on any atom is 0.294 e. The fourth-order valence-corrected chi connectivity index (χ4v) is 3.61. The quantitative estimate of drug-likeness (QED) is 0.825. The largest absolute Gasteiger partial charge is 0.504 e. The van der Waals surface area contributed by atoms with Gasteiger partial charge in [0.1, 0.15) is 6.54 Å². The Kier molecular flexibility index (Phi) is 4.98. The lowest BCUT2D eigenvalue weighted by atomic mass is 10.2. The second-order valence-corrected chi connectivity index (χ2v) is 6.78. The number of phenols is 1. The Labute approximate surface area is 149 Å². The monoisotopic (exact) mass is 362 g/mol. The van der Waals surface area contributed by atoms with Crippen LogP contribution in [0.1, 0.15) is 18.4 Å². The van der Waals surface area contributed by atoms with Crippen molar-refractivity contribution >= 4 is 34.9 Å². The number of carbonyl (C=O) groups is 3. The summed E-state index contributed by atoms with van der Waals surface area (Å²) in [7, 11) is 1.43. The average molecular weight is 362 g/mol. The van der Waals surface area contributed by atoms with Gasteiger partial charge < -0.3 is 14.7 Å². The van der Waals surface area contributed by atoms with E-state index in [-0.39, 0.29) is 28.9 Å². The van der Waals surface area contributed by atoms with E-state index >= 15 is 0 Å². The predicted molar refractivity (Wildman–Crippen MR) is 93.1 cm³/mol. The molecule has 2 fully saturated rings. The molecule has 8 heteroatoms. The van der Waals surface area contributed by atoms with Crippen molar-refractivity contribution in [3.63, 3.8) is 0 Å². The average Bonchev–Trinajstić information content (AvgIpc) is 3.21. The summed E-state index contributed by atoms with van der Waals surface area (Å²) in [6, 6.07) is 4.63. The summed E-state index contributed by atoms with van der Waals surface area (Å²) in [5.41, 5.74) is 0.617. The Morgan fingerprint density at radius 1 is 1.32 bits per heavy atom. The fraction of sp³-hybridized carbons (Fsp3) is 0.353. The van der Waals surface area contributed by atoms with E-state index in [4.69, 9.17) is 4.74 Å². The maximum absolute atomic E-state index is 12.5. The number of aromatic hydroxyl groups is 1. The number of phenolic OH excluding ortho intramolecular Hbond substituents is 1. The highest BCUT2D eigenvalue weighted by molar-refractivity contribution is 8.18. The smallest absolute Gasteiger partial charge is 0.294 e. The highest BCUT2D eigenvalue weighted by Crippen LogP contribution is 2.34. The second kappa shape index (κ2) is 7.18. The second-order valence-electron chi connectivity index (χ2n) is 5.79. The Balaban J connectivity index is 1.75. The van der Waals surface area contributed by atoms with Crippen molar-refractivity contribution in [2.75, 3.05) is 26.7 Å². The van der Waals surface area contributed by atoms with E-state index in [9.17, 15) is 19.5 Å². The third-order valence-corrected chi connectivity index (χ3v) is 5.03. The molecule has 0 radical (unpaired) electrons. The number of benzene rings is 1. The van der Waals surface area contributed by atoms with Gasteiger partial charge in [-0.1, -0.05) is 6.07 Å². The van der Waals surface area contributed by atoms with Crippen molar-refractivity contribution in [1.82, 2.24) is 9.80 Å². The maximum atomic E-state index is 12.5. The fourth-order valence-electron chi connectivity index (χ4n) is 2.77. The van der Waals surface area contributed by atoms with Crippen LogP contribution in [0.25, 0.3) is 6.08 Å². The highest BCUT2D eigenvalue weighted by Gasteiger charge is 2.37. The molecule has 2 saturated heterocycles. The number of rotatable bonds is 4. The normalized spacial score (nSPS) is 19.2. The minimum Gasteiger partial charge on any atom is -0.504 e. The summed E-state index contributed by atoms with van der Waals surface area (Å²) >= 11 is 0.803. The molecule has 1 aromatic carbocycles. The van der Waals surface area contributed by atoms with Crippen LogP contribution in [-0.2, 0) is 9.59 Å². The van der Waals surface area contributed by atoms with Gasteiger partial charge in [0.05, 0.1) is 12.0 Å². The number of likely N-dealkylation sites (tertiary alicyclic amines) is 1. The van der Waals surface area contributed by atoms with E-state index in [1.165, 1.54) is 13.2 Å². The molecule has 1 aromatic rings. The number of ether oxygens (including phenoxy) is 1. The molecule has 0 spiro atoms. The van der Waals surface area contributed by atoms with E-state index in [1.54, 1.807) is 23.1 Å². The van der Waals surface area contributed by atoms with E-state index in [0.717, 1.165) is 29.5 Å². The zero-order valence-corrected chi connectivity index (χ0v) is 14.5. The first-order valence-corrected chi connectivity index (χ1v) is 8.71. The summed E-state index contributed by atoms with van der Waals surface area (Å²) in [6.07, 6.45) is 3.46. The number of hydrogen-bond donors (Lipinski definition) is 1. The van der Waals surface area contributed by atoms with Crippen molar-refractivity contribution in [2.45, 2.75) is 12.8 Å². The standard InChI is InChI=1S/C17H18N2O5S/c1-24-13-8-11(4-5-12(13)20)9-14-16(22)19(17(23)25-14)10-15(21)18-6-2-3-7-18/h4-5,8-9,20H,2-3,6-7,10H2,1H3/b14-9+. The molecule has 25 heavy (non-hydrogen) atoms. The minimum absolute atomic E-state index is 0.0102. The lowest BCUT2D eigenvalue weighted by Gasteiger charge is -2.18. The SMILES string of the molecule is COc1cc(/C=C2/SC(=O)N(CC(=O)N3CCCC3)C2=O)ccc1O. The van der Waals surface area contributed by atoms with Crippen LogP contribution in [0.15, 0.2) is 23.1 Å². The van der Waals surface area contributed by atoms with Crippen LogP contribution in [-0.4, -0.2) is 58.7 Å². The van der Waals surface area contributed by atoms with Crippen molar-refractivity contribution in [3.05, 3.63) is 28.7 Å². The van der Waals surface area contributed by atoms with Gasteiger partial charge in [-0.3, -0.25) is 19.3 Å². The van der Waals surface area contributed by atoms with Gasteiger partial charge in [-0.25, -0.2) is 0 Å². The van der Waals surface area contributed by atoms with Gasteiger partial charge in [0.25, 0.3) is 11.1 Å². The molecular weight excluding hydrogens is 344 g/mol. The predicted octanol–water partition coefficient (Wildman–Crippen LogP) is 2.06. The topological polar surface area (TPSA) is 87.2 Å². The minimum atomic E-state index is -0.477. The molecule has 1 N–H and O–H groups in total. The van der Waals surface area contributed by atoms with E-state index < -0.39 is 11.1 Å². The summed E-state index contributed by atoms with van der Waals surface area (Å²) in [6.45, 7) is 1.14. The Morgan fingerprint density at radius 2 is 2.04 bits per heavy atom. The molecule has 3 rings (SSSR count). The van der Waals surface area contributed by atoms with Crippen LogP contribution in [0.4, 0.5) is 4.79 Å². The van der Waals surface area contributed by atoms with Crippen LogP contribution < -0.4 is 4.74 Å². The molecule has 0 unspecified atom stereocenters. The molecule has 0 saturated carbocycles. The van der Waals surface area contributed by atoms with Gasteiger partial charge in [0.2, 0.25) is 5.91 Å². The number of carbonyl (C=O) groups excluding carboxylic acids is 3. The van der Waals surface area contributed by atoms with Crippen LogP contribution in [0.5, 0.6) is 11.5 Å². The zero-order valence-electron chi connectivity index (χ0n) is 13.7. The van der Waals surface area contributed by atoms with Crippen molar-refractivity contribution in [1.29, 1.82) is 0 Å².